The van der Waals surface area contributed by atoms with Gasteiger partial charge in [0.2, 0.25) is 0 Å². The van der Waals surface area contributed by atoms with E-state index in [1.54, 1.807) is 10.7 Å². The lowest BCUT2D eigenvalue weighted by atomic mass is 10.1. The average molecular weight is 420 g/mol. The number of aromatic amines is 1. The van der Waals surface area contributed by atoms with E-state index in [0.29, 0.717) is 29.8 Å². The first-order valence-corrected chi connectivity index (χ1v) is 10.4. The van der Waals surface area contributed by atoms with E-state index in [0.717, 1.165) is 33.5 Å². The van der Waals surface area contributed by atoms with E-state index in [4.69, 9.17) is 0 Å². The van der Waals surface area contributed by atoms with Crippen molar-refractivity contribution < 1.29 is 14.3 Å². The minimum atomic E-state index is -0.888. The molecule has 31 heavy (non-hydrogen) atoms. The molecule has 0 aliphatic rings. The molecule has 0 amide bonds. The maximum atomic E-state index is 15.0. The lowest BCUT2D eigenvalue weighted by Crippen LogP contribution is -2.09. The van der Waals surface area contributed by atoms with Gasteiger partial charge in [0.25, 0.3) is 0 Å². The molecule has 2 N–H and O–H groups in total. The first kappa shape index (κ1) is 20.8. The van der Waals surface area contributed by atoms with Crippen LogP contribution in [0.5, 0.6) is 0 Å². The van der Waals surface area contributed by atoms with Crippen LogP contribution in [-0.4, -0.2) is 30.8 Å². The number of benzene rings is 2. The Bertz CT molecular complexity index is 1270. The lowest BCUT2D eigenvalue weighted by molar-refractivity contribution is -0.136. The third-order valence-electron chi connectivity index (χ3n) is 5.61. The second-order valence-electron chi connectivity index (χ2n) is 7.67. The van der Waals surface area contributed by atoms with Crippen molar-refractivity contribution >= 4 is 17.0 Å². The molecule has 6 nitrogen and oxygen atoms in total. The Balaban J connectivity index is 1.67. The molecule has 0 atom stereocenters. The fourth-order valence-corrected chi connectivity index (χ4v) is 4.05. The van der Waals surface area contributed by atoms with Crippen LogP contribution in [0.2, 0.25) is 0 Å². The minimum absolute atomic E-state index is 0.0702. The van der Waals surface area contributed by atoms with Gasteiger partial charge in [0.15, 0.2) is 0 Å². The summed E-state index contributed by atoms with van der Waals surface area (Å²) in [6.45, 7) is 6.15. The number of para-hydroxylation sites is 1. The molecule has 4 rings (SSSR count). The van der Waals surface area contributed by atoms with Gasteiger partial charge in [0, 0.05) is 22.4 Å². The number of aryl methyl sites for hydroxylation is 2. The van der Waals surface area contributed by atoms with Gasteiger partial charge in [-0.15, -0.1) is 0 Å². The summed E-state index contributed by atoms with van der Waals surface area (Å²) in [5.41, 5.74) is 6.38. The van der Waals surface area contributed by atoms with E-state index >= 15 is 4.39 Å². The highest BCUT2D eigenvalue weighted by molar-refractivity contribution is 5.82. The topological polar surface area (TPSA) is 83.8 Å². The number of fused-ring (bicyclic) bond motifs is 1. The largest absolute Gasteiger partial charge is 0.481 e. The molecule has 0 aliphatic heterocycles. The van der Waals surface area contributed by atoms with E-state index in [9.17, 15) is 9.90 Å². The fraction of sp³-hybridized carbons (Fsp3) is 0.292. The third-order valence-corrected chi connectivity index (χ3v) is 5.61. The Morgan fingerprint density at radius 1 is 1.19 bits per heavy atom. The van der Waals surface area contributed by atoms with E-state index in [1.165, 1.54) is 6.07 Å². The second kappa shape index (κ2) is 8.34. The summed E-state index contributed by atoms with van der Waals surface area (Å²) >= 11 is 0. The van der Waals surface area contributed by atoms with Crippen LogP contribution in [0.15, 0.2) is 36.4 Å². The van der Waals surface area contributed by atoms with Crippen molar-refractivity contribution in [3.05, 3.63) is 70.3 Å². The van der Waals surface area contributed by atoms with Gasteiger partial charge in [-0.05, 0) is 37.5 Å². The van der Waals surface area contributed by atoms with Gasteiger partial charge in [-0.3, -0.25) is 9.48 Å². The Labute approximate surface area is 179 Å². The summed E-state index contributed by atoms with van der Waals surface area (Å²) in [4.78, 5) is 19.2. The number of hydrogen-bond acceptors (Lipinski definition) is 3. The molecule has 0 unspecified atom stereocenters. The number of hydrogen-bond donors (Lipinski definition) is 2. The standard InChI is InChI=1S/C24H25FN4O2/c1-4-19-17(12-22(30)31)21(5-2)29(28-19)13-16-10-9-15(11-18(16)25)24-26-20-8-6-7-14(3)23(20)27-24/h6-11H,4-5,12-13H2,1-3H3,(H,26,27)(H,30,31). The number of aliphatic carboxylic acids is 1. The molecule has 0 aliphatic carbocycles. The van der Waals surface area contributed by atoms with Gasteiger partial charge in [0.1, 0.15) is 11.6 Å². The van der Waals surface area contributed by atoms with Crippen molar-refractivity contribution in [3.63, 3.8) is 0 Å². The number of carboxylic acids is 1. The highest BCUT2D eigenvalue weighted by Crippen LogP contribution is 2.25. The Kier molecular flexibility index (Phi) is 5.59. The Hall–Kier alpha value is -3.48. The zero-order valence-electron chi connectivity index (χ0n) is 17.9. The quantitative estimate of drug-likeness (QED) is 0.455. The Morgan fingerprint density at radius 3 is 2.65 bits per heavy atom. The minimum Gasteiger partial charge on any atom is -0.481 e. The van der Waals surface area contributed by atoms with Crippen molar-refractivity contribution in [1.82, 2.24) is 19.7 Å². The molecular formula is C24H25FN4O2. The number of nitrogens with one attached hydrogen (secondary N) is 1. The van der Waals surface area contributed by atoms with Gasteiger partial charge < -0.3 is 10.1 Å². The predicted octanol–water partition coefficient (Wildman–Crippen LogP) is 4.67. The molecule has 4 aromatic rings. The van der Waals surface area contributed by atoms with Crippen LogP contribution in [0, 0.1) is 12.7 Å². The van der Waals surface area contributed by atoms with E-state index in [-0.39, 0.29) is 18.8 Å². The SMILES string of the molecule is CCc1nn(Cc2ccc(-c3nc4c(C)cccc4[nH]3)cc2F)c(CC)c1CC(=O)O. The van der Waals surface area contributed by atoms with Crippen molar-refractivity contribution in [2.75, 3.05) is 0 Å². The van der Waals surface area contributed by atoms with Gasteiger partial charge in [-0.2, -0.15) is 5.10 Å². The summed E-state index contributed by atoms with van der Waals surface area (Å²) in [5, 5.41) is 13.8. The number of aromatic nitrogens is 4. The first-order chi connectivity index (χ1) is 14.9. The molecule has 0 spiro atoms. The maximum Gasteiger partial charge on any atom is 0.307 e. The van der Waals surface area contributed by atoms with Crippen LogP contribution in [0.25, 0.3) is 22.4 Å². The predicted molar refractivity (Wildman–Crippen MR) is 118 cm³/mol. The first-order valence-electron chi connectivity index (χ1n) is 10.4. The molecule has 0 radical (unpaired) electrons. The summed E-state index contributed by atoms with van der Waals surface area (Å²) in [5.74, 6) is -0.606. The van der Waals surface area contributed by atoms with Crippen LogP contribution in [-0.2, 0) is 30.6 Å². The number of rotatable bonds is 7. The molecule has 2 heterocycles. The van der Waals surface area contributed by atoms with Gasteiger partial charge in [0.05, 0.1) is 29.7 Å². The van der Waals surface area contributed by atoms with E-state index in [1.807, 2.05) is 45.0 Å². The molecular weight excluding hydrogens is 395 g/mol. The normalized spacial score (nSPS) is 11.4. The summed E-state index contributed by atoms with van der Waals surface area (Å²) < 4.78 is 16.8. The van der Waals surface area contributed by atoms with Crippen molar-refractivity contribution in [2.24, 2.45) is 0 Å². The number of nitrogens with zero attached hydrogens (tertiary/aromatic N) is 3. The van der Waals surface area contributed by atoms with Crippen molar-refractivity contribution in [3.8, 4) is 11.4 Å². The highest BCUT2D eigenvalue weighted by Gasteiger charge is 2.19. The zero-order chi connectivity index (χ0) is 22.1. The summed E-state index contributed by atoms with van der Waals surface area (Å²) in [7, 11) is 0. The molecule has 160 valence electrons. The molecule has 0 saturated heterocycles. The van der Waals surface area contributed by atoms with Crippen LogP contribution >= 0.6 is 0 Å². The fourth-order valence-electron chi connectivity index (χ4n) is 4.05. The van der Waals surface area contributed by atoms with Gasteiger partial charge in [-0.1, -0.05) is 38.1 Å². The Morgan fingerprint density at radius 2 is 2.00 bits per heavy atom. The van der Waals surface area contributed by atoms with Crippen molar-refractivity contribution in [1.29, 1.82) is 0 Å². The van der Waals surface area contributed by atoms with Gasteiger partial charge >= 0.3 is 5.97 Å². The van der Waals surface area contributed by atoms with Crippen molar-refractivity contribution in [2.45, 2.75) is 46.6 Å². The molecule has 0 saturated carbocycles. The highest BCUT2D eigenvalue weighted by atomic mass is 19.1. The number of imidazole rings is 1. The van der Waals surface area contributed by atoms with Crippen LogP contribution in [0.4, 0.5) is 4.39 Å². The average Bonchev–Trinajstić information content (AvgIpc) is 3.31. The number of carboxylic acid groups (broad SMARTS) is 1. The van der Waals surface area contributed by atoms with E-state index in [2.05, 4.69) is 15.1 Å². The van der Waals surface area contributed by atoms with E-state index < -0.39 is 5.97 Å². The third kappa shape index (κ3) is 3.95. The smallest absolute Gasteiger partial charge is 0.307 e. The molecule has 7 heteroatoms. The van der Waals surface area contributed by atoms with Crippen LogP contribution in [0.1, 0.15) is 41.9 Å². The number of H-pyrrole nitrogens is 1. The van der Waals surface area contributed by atoms with Crippen LogP contribution < -0.4 is 0 Å². The number of carbonyl (C=O) groups is 1. The van der Waals surface area contributed by atoms with Gasteiger partial charge in [-0.25, -0.2) is 9.37 Å². The molecule has 2 aromatic heterocycles. The molecule has 2 aromatic carbocycles. The van der Waals surface area contributed by atoms with Crippen LogP contribution in [0.3, 0.4) is 0 Å². The second-order valence-corrected chi connectivity index (χ2v) is 7.67. The summed E-state index contributed by atoms with van der Waals surface area (Å²) in [6.07, 6.45) is 1.20. The number of halogens is 1. The molecule has 0 bridgehead atoms. The molecule has 0 fully saturated rings. The lowest BCUT2D eigenvalue weighted by Gasteiger charge is -2.09. The monoisotopic (exact) mass is 420 g/mol. The summed E-state index contributed by atoms with van der Waals surface area (Å²) in [6, 6.07) is 11.0. The maximum absolute atomic E-state index is 15.0. The zero-order valence-corrected chi connectivity index (χ0v) is 17.9.